The third-order valence-corrected chi connectivity index (χ3v) is 12.2. The summed E-state index contributed by atoms with van der Waals surface area (Å²) < 4.78 is 2.46. The van der Waals surface area contributed by atoms with Gasteiger partial charge >= 0.3 is 0 Å². The number of rotatable bonds is 4. The molecule has 9 aromatic rings. The first-order valence-corrected chi connectivity index (χ1v) is 19.1. The molecule has 55 heavy (non-hydrogen) atoms. The molecule has 2 heterocycles. The van der Waals surface area contributed by atoms with Crippen LogP contribution in [0.25, 0.3) is 83.9 Å². The van der Waals surface area contributed by atoms with Crippen molar-refractivity contribution >= 4 is 21.8 Å². The summed E-state index contributed by atoms with van der Waals surface area (Å²) in [4.78, 5) is 15.5. The van der Waals surface area contributed by atoms with Crippen molar-refractivity contribution in [1.82, 2.24) is 19.5 Å². The van der Waals surface area contributed by atoms with Crippen LogP contribution in [0.2, 0.25) is 0 Å². The number of aromatic nitrogens is 4. The Morgan fingerprint density at radius 1 is 0.400 bits per heavy atom. The standard InChI is InChI=1S/C51H38N4/c1-50(2)41-22-11-8-19-35(41)37-26-25-33(30-43(37)50)49-53-47(31-15-6-5-7-16-31)52-48(54-49)32-17-14-18-34(29-32)55-44-24-13-10-21-38(44)40-28-27-39-36-20-9-12-23-42(36)51(3,4)45(39)46(40)55/h5-30H,1-4H3. The van der Waals surface area contributed by atoms with E-state index in [4.69, 9.17) is 15.0 Å². The van der Waals surface area contributed by atoms with E-state index in [9.17, 15) is 0 Å². The lowest BCUT2D eigenvalue weighted by Crippen LogP contribution is -2.16. The van der Waals surface area contributed by atoms with Crippen LogP contribution in [0.5, 0.6) is 0 Å². The Balaban J connectivity index is 1.12. The van der Waals surface area contributed by atoms with E-state index < -0.39 is 0 Å². The van der Waals surface area contributed by atoms with Gasteiger partial charge < -0.3 is 4.57 Å². The number of hydrogen-bond donors (Lipinski definition) is 0. The highest BCUT2D eigenvalue weighted by molar-refractivity contribution is 6.13. The van der Waals surface area contributed by atoms with Crippen molar-refractivity contribution in [2.45, 2.75) is 38.5 Å². The van der Waals surface area contributed by atoms with Gasteiger partial charge in [0, 0.05) is 44.0 Å². The first kappa shape index (κ1) is 31.8. The Morgan fingerprint density at radius 2 is 0.964 bits per heavy atom. The lowest BCUT2D eigenvalue weighted by molar-refractivity contribution is 0.660. The summed E-state index contributed by atoms with van der Waals surface area (Å²) in [7, 11) is 0. The second-order valence-electron chi connectivity index (χ2n) is 16.1. The van der Waals surface area contributed by atoms with Crippen molar-refractivity contribution in [3.63, 3.8) is 0 Å². The van der Waals surface area contributed by atoms with Gasteiger partial charge in [-0.05, 0) is 68.8 Å². The third-order valence-electron chi connectivity index (χ3n) is 12.2. The zero-order valence-corrected chi connectivity index (χ0v) is 31.3. The number of hydrogen-bond acceptors (Lipinski definition) is 3. The molecule has 4 nitrogen and oxygen atoms in total. The Labute approximate surface area is 320 Å². The number of para-hydroxylation sites is 1. The molecule has 0 radical (unpaired) electrons. The minimum absolute atomic E-state index is 0.132. The SMILES string of the molecule is CC1(C)c2ccccc2-c2ccc(-c3nc(-c4ccccc4)nc(-c4cccc(-n5c6ccccc6c6ccc7c(c65)C(C)(C)c5ccccc5-7)c4)n3)cc21. The average Bonchev–Trinajstić information content (AvgIpc) is 3.78. The molecule has 11 rings (SSSR count). The van der Waals surface area contributed by atoms with E-state index in [0.29, 0.717) is 17.5 Å². The monoisotopic (exact) mass is 706 g/mol. The van der Waals surface area contributed by atoms with E-state index in [1.807, 2.05) is 18.2 Å². The molecule has 0 amide bonds. The predicted octanol–water partition coefficient (Wildman–Crippen LogP) is 12.6. The van der Waals surface area contributed by atoms with Crippen molar-refractivity contribution in [1.29, 1.82) is 0 Å². The maximum Gasteiger partial charge on any atom is 0.164 e. The van der Waals surface area contributed by atoms with E-state index in [1.165, 1.54) is 66.3 Å². The van der Waals surface area contributed by atoms with Gasteiger partial charge in [-0.15, -0.1) is 0 Å². The highest BCUT2D eigenvalue weighted by Crippen LogP contribution is 2.53. The van der Waals surface area contributed by atoms with Crippen LogP contribution in [0.15, 0.2) is 158 Å². The quantitative estimate of drug-likeness (QED) is 0.183. The molecule has 0 fully saturated rings. The summed E-state index contributed by atoms with van der Waals surface area (Å²) in [5, 5.41) is 2.50. The number of benzene rings is 7. The van der Waals surface area contributed by atoms with Gasteiger partial charge in [-0.25, -0.2) is 15.0 Å². The highest BCUT2D eigenvalue weighted by atomic mass is 15.0. The molecule has 7 aromatic carbocycles. The number of fused-ring (bicyclic) bond motifs is 10. The molecule has 0 spiro atoms. The first-order chi connectivity index (χ1) is 26.8. The molecule has 0 saturated carbocycles. The van der Waals surface area contributed by atoms with Crippen LogP contribution in [0.3, 0.4) is 0 Å². The molecule has 0 atom stereocenters. The molecule has 4 heteroatoms. The molecule has 2 aliphatic carbocycles. The van der Waals surface area contributed by atoms with Crippen LogP contribution in [-0.2, 0) is 10.8 Å². The maximum atomic E-state index is 5.25. The number of nitrogens with zero attached hydrogens (tertiary/aromatic N) is 4. The maximum absolute atomic E-state index is 5.25. The molecule has 0 N–H and O–H groups in total. The fraction of sp³-hybridized carbons (Fsp3) is 0.118. The van der Waals surface area contributed by atoms with Gasteiger partial charge in [0.1, 0.15) is 0 Å². The molecule has 2 aromatic heterocycles. The zero-order valence-electron chi connectivity index (χ0n) is 31.3. The summed E-state index contributed by atoms with van der Waals surface area (Å²) in [5.74, 6) is 1.97. The summed E-state index contributed by atoms with van der Waals surface area (Å²) in [6, 6.07) is 56.7. The second kappa shape index (κ2) is 11.4. The van der Waals surface area contributed by atoms with Gasteiger partial charge in [-0.2, -0.15) is 0 Å². The largest absolute Gasteiger partial charge is 0.309 e. The molecule has 0 saturated heterocycles. The van der Waals surface area contributed by atoms with Crippen LogP contribution < -0.4 is 0 Å². The lowest BCUT2D eigenvalue weighted by atomic mass is 9.81. The summed E-state index contributed by atoms with van der Waals surface area (Å²) in [6.07, 6.45) is 0. The van der Waals surface area contributed by atoms with E-state index in [1.54, 1.807) is 0 Å². The van der Waals surface area contributed by atoms with Gasteiger partial charge in [-0.1, -0.05) is 161 Å². The molecule has 2 aliphatic rings. The van der Waals surface area contributed by atoms with Gasteiger partial charge in [0.15, 0.2) is 17.5 Å². The van der Waals surface area contributed by atoms with Gasteiger partial charge in [0.25, 0.3) is 0 Å². The van der Waals surface area contributed by atoms with Gasteiger partial charge in [0.05, 0.1) is 11.0 Å². The van der Waals surface area contributed by atoms with Crippen LogP contribution >= 0.6 is 0 Å². The molecular weight excluding hydrogens is 669 g/mol. The fourth-order valence-corrected chi connectivity index (χ4v) is 9.56. The Kier molecular flexibility index (Phi) is 6.61. The molecule has 0 aliphatic heterocycles. The predicted molar refractivity (Wildman–Crippen MR) is 226 cm³/mol. The lowest BCUT2D eigenvalue weighted by Gasteiger charge is -2.23. The van der Waals surface area contributed by atoms with Crippen molar-refractivity contribution in [2.24, 2.45) is 0 Å². The van der Waals surface area contributed by atoms with Crippen molar-refractivity contribution in [3.8, 4) is 62.1 Å². The summed E-state index contributed by atoms with van der Waals surface area (Å²) in [6.45, 7) is 9.35. The minimum Gasteiger partial charge on any atom is -0.309 e. The molecular formula is C51H38N4. The van der Waals surface area contributed by atoms with E-state index in [0.717, 1.165) is 22.4 Å². The topological polar surface area (TPSA) is 43.6 Å². The molecule has 0 unspecified atom stereocenters. The average molecular weight is 707 g/mol. The Hall–Kier alpha value is -6.65. The fourth-order valence-electron chi connectivity index (χ4n) is 9.56. The van der Waals surface area contributed by atoms with Crippen molar-refractivity contribution in [3.05, 3.63) is 180 Å². The Morgan fingerprint density at radius 3 is 1.73 bits per heavy atom. The van der Waals surface area contributed by atoms with Crippen molar-refractivity contribution in [2.75, 3.05) is 0 Å². The third kappa shape index (κ3) is 4.55. The Bertz CT molecular complexity index is 3040. The second-order valence-corrected chi connectivity index (χ2v) is 16.1. The van der Waals surface area contributed by atoms with E-state index >= 15 is 0 Å². The van der Waals surface area contributed by atoms with Crippen LogP contribution in [-0.4, -0.2) is 19.5 Å². The van der Waals surface area contributed by atoms with E-state index in [2.05, 4.69) is 172 Å². The molecule has 262 valence electrons. The molecule has 0 bridgehead atoms. The highest BCUT2D eigenvalue weighted by Gasteiger charge is 2.39. The van der Waals surface area contributed by atoms with Crippen LogP contribution in [0.4, 0.5) is 0 Å². The van der Waals surface area contributed by atoms with E-state index in [-0.39, 0.29) is 10.8 Å². The van der Waals surface area contributed by atoms with Gasteiger partial charge in [-0.3, -0.25) is 0 Å². The van der Waals surface area contributed by atoms with Crippen LogP contribution in [0.1, 0.15) is 49.9 Å². The first-order valence-electron chi connectivity index (χ1n) is 19.1. The minimum atomic E-state index is -0.172. The van der Waals surface area contributed by atoms with Crippen molar-refractivity contribution < 1.29 is 0 Å². The normalized spacial score (nSPS) is 14.5. The zero-order chi connectivity index (χ0) is 37.1. The summed E-state index contributed by atoms with van der Waals surface area (Å²) in [5.41, 5.74) is 16.7. The van der Waals surface area contributed by atoms with Gasteiger partial charge in [0.2, 0.25) is 0 Å². The smallest absolute Gasteiger partial charge is 0.164 e. The van der Waals surface area contributed by atoms with Crippen LogP contribution in [0, 0.1) is 0 Å². The summed E-state index contributed by atoms with van der Waals surface area (Å²) >= 11 is 0.